The Balaban J connectivity index is 2.56. The van der Waals surface area contributed by atoms with Crippen LogP contribution in [0.5, 0.6) is 0 Å². The molecule has 100 valence electrons. The lowest BCUT2D eigenvalue weighted by atomic mass is 9.94. The minimum Gasteiger partial charge on any atom is -0.320 e. The molecule has 0 aromatic heterocycles. The molecule has 1 unspecified atom stereocenters. The third-order valence-electron chi connectivity index (χ3n) is 3.19. The van der Waals surface area contributed by atoms with Crippen LogP contribution in [0.4, 0.5) is 0 Å². The predicted molar refractivity (Wildman–Crippen MR) is 83.4 cm³/mol. The highest BCUT2D eigenvalue weighted by Gasteiger charge is 2.18. The van der Waals surface area contributed by atoms with E-state index in [9.17, 15) is 0 Å². The van der Waals surface area contributed by atoms with Gasteiger partial charge in [-0.25, -0.2) is 0 Å². The van der Waals surface area contributed by atoms with E-state index in [1.54, 1.807) is 18.2 Å². The fourth-order valence-corrected chi connectivity index (χ4v) is 2.95. The molecule has 0 bridgehead atoms. The van der Waals surface area contributed by atoms with Crippen LogP contribution in [0.1, 0.15) is 28.3 Å². The van der Waals surface area contributed by atoms with Crippen molar-refractivity contribution in [3.8, 4) is 0 Å². The fraction of sp³-hybridized carbons (Fsp3) is 0.200. The van der Waals surface area contributed by atoms with Gasteiger partial charge >= 0.3 is 0 Å². The van der Waals surface area contributed by atoms with Gasteiger partial charge in [0.05, 0.1) is 6.04 Å². The number of halogens is 3. The third kappa shape index (κ3) is 2.90. The molecule has 0 spiro atoms. The summed E-state index contributed by atoms with van der Waals surface area (Å²) in [5.41, 5.74) is 10.1. The van der Waals surface area contributed by atoms with Crippen molar-refractivity contribution >= 4 is 34.8 Å². The first-order valence-corrected chi connectivity index (χ1v) is 7.01. The van der Waals surface area contributed by atoms with E-state index >= 15 is 0 Å². The van der Waals surface area contributed by atoms with E-state index in [-0.39, 0.29) is 6.04 Å². The van der Waals surface area contributed by atoms with E-state index in [1.165, 1.54) is 0 Å². The number of rotatable bonds is 2. The molecular weight excluding hydrogens is 301 g/mol. The number of nitrogens with two attached hydrogens (primary N) is 1. The van der Waals surface area contributed by atoms with E-state index in [2.05, 4.69) is 0 Å². The van der Waals surface area contributed by atoms with E-state index in [0.717, 1.165) is 27.3 Å². The second kappa shape index (κ2) is 5.72. The maximum absolute atomic E-state index is 6.33. The van der Waals surface area contributed by atoms with E-state index in [4.69, 9.17) is 40.5 Å². The summed E-state index contributed by atoms with van der Waals surface area (Å²) < 4.78 is 0. The summed E-state index contributed by atoms with van der Waals surface area (Å²) >= 11 is 18.5. The molecule has 0 aliphatic rings. The van der Waals surface area contributed by atoms with Crippen LogP contribution in [-0.2, 0) is 0 Å². The topological polar surface area (TPSA) is 26.0 Å². The van der Waals surface area contributed by atoms with E-state index < -0.39 is 0 Å². The number of aryl methyl sites for hydroxylation is 2. The molecule has 2 N–H and O–H groups in total. The molecule has 1 nitrogen and oxygen atoms in total. The Kier molecular flexibility index (Phi) is 4.42. The van der Waals surface area contributed by atoms with E-state index in [1.807, 2.05) is 26.0 Å². The molecule has 2 aromatic carbocycles. The van der Waals surface area contributed by atoms with Crippen molar-refractivity contribution in [2.24, 2.45) is 5.73 Å². The molecule has 0 heterocycles. The summed E-state index contributed by atoms with van der Waals surface area (Å²) in [7, 11) is 0. The lowest BCUT2D eigenvalue weighted by Crippen LogP contribution is -2.14. The first-order valence-electron chi connectivity index (χ1n) is 5.88. The number of hydrogen-bond donors (Lipinski definition) is 1. The van der Waals surface area contributed by atoms with Gasteiger partial charge in [-0.3, -0.25) is 0 Å². The van der Waals surface area contributed by atoms with Crippen molar-refractivity contribution in [2.45, 2.75) is 19.9 Å². The van der Waals surface area contributed by atoms with Crippen LogP contribution < -0.4 is 5.73 Å². The van der Waals surface area contributed by atoms with Gasteiger partial charge in [0.15, 0.2) is 0 Å². The van der Waals surface area contributed by atoms with Crippen LogP contribution in [0, 0.1) is 13.8 Å². The van der Waals surface area contributed by atoms with Gasteiger partial charge in [0, 0.05) is 20.6 Å². The number of hydrogen-bond acceptors (Lipinski definition) is 1. The molecule has 0 saturated heterocycles. The molecule has 19 heavy (non-hydrogen) atoms. The first kappa shape index (κ1) is 14.7. The minimum absolute atomic E-state index is 0.364. The van der Waals surface area contributed by atoms with Crippen molar-refractivity contribution in [1.29, 1.82) is 0 Å². The molecule has 4 heteroatoms. The second-order valence-corrected chi connectivity index (χ2v) is 5.79. The Morgan fingerprint density at radius 3 is 2.05 bits per heavy atom. The minimum atomic E-state index is -0.364. The molecule has 2 rings (SSSR count). The smallest absolute Gasteiger partial charge is 0.0584 e. The van der Waals surface area contributed by atoms with E-state index in [0.29, 0.717) is 10.0 Å². The van der Waals surface area contributed by atoms with Gasteiger partial charge < -0.3 is 5.73 Å². The van der Waals surface area contributed by atoms with Gasteiger partial charge in [0.1, 0.15) is 0 Å². The summed E-state index contributed by atoms with van der Waals surface area (Å²) in [5, 5.41) is 1.89. The summed E-state index contributed by atoms with van der Waals surface area (Å²) in [6.07, 6.45) is 0. The summed E-state index contributed by atoms with van der Waals surface area (Å²) in [6.45, 7) is 3.93. The summed E-state index contributed by atoms with van der Waals surface area (Å²) in [5.74, 6) is 0. The Morgan fingerprint density at radius 2 is 1.47 bits per heavy atom. The molecule has 0 aliphatic carbocycles. The van der Waals surface area contributed by atoms with Crippen LogP contribution >= 0.6 is 34.8 Å². The Hall–Kier alpha value is -0.730. The van der Waals surface area contributed by atoms with Crippen LogP contribution in [-0.4, -0.2) is 0 Å². The van der Waals surface area contributed by atoms with Gasteiger partial charge in [-0.05, 0) is 48.7 Å². The molecule has 0 aliphatic heterocycles. The van der Waals surface area contributed by atoms with Crippen LogP contribution in [0.15, 0.2) is 30.3 Å². The van der Waals surface area contributed by atoms with Crippen LogP contribution in [0.2, 0.25) is 15.1 Å². The predicted octanol–water partition coefficient (Wildman–Crippen LogP) is 5.31. The van der Waals surface area contributed by atoms with Crippen LogP contribution in [0.25, 0.3) is 0 Å². The maximum atomic E-state index is 6.33. The third-order valence-corrected chi connectivity index (χ3v) is 4.26. The van der Waals surface area contributed by atoms with Gasteiger partial charge in [-0.2, -0.15) is 0 Å². The SMILES string of the molecule is Cc1cc(C(N)c2c(Cl)cccc2Cl)c(C)cc1Cl. The quantitative estimate of drug-likeness (QED) is 0.798. The van der Waals surface area contributed by atoms with Gasteiger partial charge in [0.2, 0.25) is 0 Å². The zero-order chi connectivity index (χ0) is 14.2. The van der Waals surface area contributed by atoms with Crippen LogP contribution in [0.3, 0.4) is 0 Å². The van der Waals surface area contributed by atoms with Gasteiger partial charge in [-0.15, -0.1) is 0 Å². The largest absolute Gasteiger partial charge is 0.320 e. The van der Waals surface area contributed by atoms with Crippen molar-refractivity contribution in [1.82, 2.24) is 0 Å². The Morgan fingerprint density at radius 1 is 0.895 bits per heavy atom. The van der Waals surface area contributed by atoms with Crippen molar-refractivity contribution in [3.63, 3.8) is 0 Å². The molecule has 0 radical (unpaired) electrons. The molecule has 0 amide bonds. The van der Waals surface area contributed by atoms with Crippen molar-refractivity contribution < 1.29 is 0 Å². The van der Waals surface area contributed by atoms with Crippen molar-refractivity contribution in [3.05, 3.63) is 67.7 Å². The normalized spacial score (nSPS) is 12.5. The Labute approximate surface area is 128 Å². The average molecular weight is 315 g/mol. The lowest BCUT2D eigenvalue weighted by Gasteiger charge is -2.19. The average Bonchev–Trinajstić information content (AvgIpc) is 2.33. The Bertz CT molecular complexity index is 603. The highest BCUT2D eigenvalue weighted by atomic mass is 35.5. The first-order chi connectivity index (χ1) is 8.91. The zero-order valence-corrected chi connectivity index (χ0v) is 12.9. The molecular formula is C15H14Cl3N. The zero-order valence-electron chi connectivity index (χ0n) is 10.7. The monoisotopic (exact) mass is 313 g/mol. The molecule has 2 aromatic rings. The summed E-state index contributed by atoms with van der Waals surface area (Å²) in [6, 6.07) is 8.93. The van der Waals surface area contributed by atoms with Gasteiger partial charge in [-0.1, -0.05) is 46.9 Å². The molecule has 1 atom stereocenters. The molecule has 0 fully saturated rings. The standard InChI is InChI=1S/C15H14Cl3N/c1-8-7-13(18)9(2)6-10(8)15(19)14-11(16)4-3-5-12(14)17/h3-7,15H,19H2,1-2H3. The lowest BCUT2D eigenvalue weighted by molar-refractivity contribution is 0.860. The van der Waals surface area contributed by atoms with Gasteiger partial charge in [0.25, 0.3) is 0 Å². The number of benzene rings is 2. The highest BCUT2D eigenvalue weighted by molar-refractivity contribution is 6.36. The summed E-state index contributed by atoms with van der Waals surface area (Å²) in [4.78, 5) is 0. The van der Waals surface area contributed by atoms with Crippen molar-refractivity contribution in [2.75, 3.05) is 0 Å². The molecule has 0 saturated carbocycles. The maximum Gasteiger partial charge on any atom is 0.0584 e. The fourth-order valence-electron chi connectivity index (χ4n) is 2.10. The second-order valence-electron chi connectivity index (χ2n) is 4.57. The highest BCUT2D eigenvalue weighted by Crippen LogP contribution is 2.35.